The molecule has 1 atom stereocenters. The molecule has 1 N–H and O–H groups in total. The van der Waals surface area contributed by atoms with Crippen molar-refractivity contribution < 1.29 is 27.9 Å². The highest BCUT2D eigenvalue weighted by molar-refractivity contribution is 6.09. The van der Waals surface area contributed by atoms with Gasteiger partial charge in [0.2, 0.25) is 0 Å². The zero-order valence-electron chi connectivity index (χ0n) is 18.1. The van der Waals surface area contributed by atoms with Gasteiger partial charge in [-0.2, -0.15) is 13.2 Å². The first-order valence-electron chi connectivity index (χ1n) is 10.8. The maximum atomic E-state index is 13.2. The van der Waals surface area contributed by atoms with Crippen molar-refractivity contribution in [3.05, 3.63) is 119 Å². The molecule has 174 valence electrons. The van der Waals surface area contributed by atoms with Gasteiger partial charge in [0, 0.05) is 13.0 Å². The number of halogens is 3. The standard InChI is InChI=1S/C27H22F3NO3/c28-27(29,30)21-13-7-10-19(16-21)17-31-24(20-11-5-2-6-12-20)23(25(33)26(31)34)22(32)15-14-18-8-3-1-4-9-18/h1-13,16,24,33H,14-15,17H2. The van der Waals surface area contributed by atoms with E-state index < -0.39 is 29.4 Å². The minimum absolute atomic E-state index is 0.0286. The van der Waals surface area contributed by atoms with Crippen LogP contribution in [0.15, 0.2) is 96.3 Å². The predicted octanol–water partition coefficient (Wildman–Crippen LogP) is 5.80. The number of alkyl halides is 3. The Balaban J connectivity index is 1.65. The van der Waals surface area contributed by atoms with Crippen molar-refractivity contribution in [3.8, 4) is 0 Å². The maximum absolute atomic E-state index is 13.2. The average molecular weight is 465 g/mol. The summed E-state index contributed by atoms with van der Waals surface area (Å²) in [7, 11) is 0. The molecular weight excluding hydrogens is 443 g/mol. The van der Waals surface area contributed by atoms with Crippen LogP contribution >= 0.6 is 0 Å². The summed E-state index contributed by atoms with van der Waals surface area (Å²) in [6, 6.07) is 21.8. The minimum atomic E-state index is -4.52. The third-order valence-corrected chi connectivity index (χ3v) is 5.81. The Morgan fingerprint density at radius 2 is 1.50 bits per heavy atom. The van der Waals surface area contributed by atoms with Gasteiger partial charge in [-0.15, -0.1) is 0 Å². The molecule has 1 heterocycles. The second-order valence-corrected chi connectivity index (χ2v) is 8.12. The first-order chi connectivity index (χ1) is 16.3. The molecule has 1 amide bonds. The van der Waals surface area contributed by atoms with E-state index in [1.807, 2.05) is 30.3 Å². The highest BCUT2D eigenvalue weighted by atomic mass is 19.4. The van der Waals surface area contributed by atoms with Crippen LogP contribution in [0.2, 0.25) is 0 Å². The number of hydrogen-bond acceptors (Lipinski definition) is 3. The molecule has 0 bridgehead atoms. The fraction of sp³-hybridized carbons (Fsp3) is 0.185. The molecule has 0 fully saturated rings. The molecule has 0 radical (unpaired) electrons. The van der Waals surface area contributed by atoms with Crippen LogP contribution in [0.1, 0.15) is 34.7 Å². The van der Waals surface area contributed by atoms with Crippen LogP contribution in [0.3, 0.4) is 0 Å². The van der Waals surface area contributed by atoms with Crippen LogP contribution < -0.4 is 0 Å². The lowest BCUT2D eigenvalue weighted by Gasteiger charge is -2.27. The summed E-state index contributed by atoms with van der Waals surface area (Å²) in [6.07, 6.45) is -4.01. The number of aryl methyl sites for hydroxylation is 1. The molecule has 0 spiro atoms. The number of carbonyl (C=O) groups excluding carboxylic acids is 2. The molecule has 7 heteroatoms. The van der Waals surface area contributed by atoms with E-state index in [-0.39, 0.29) is 29.9 Å². The van der Waals surface area contributed by atoms with E-state index in [0.717, 1.165) is 17.7 Å². The number of aliphatic hydroxyl groups excluding tert-OH is 1. The Hall–Kier alpha value is -3.87. The van der Waals surface area contributed by atoms with Gasteiger partial charge in [0.15, 0.2) is 11.5 Å². The lowest BCUT2D eigenvalue weighted by Crippen LogP contribution is -2.30. The topological polar surface area (TPSA) is 57.6 Å². The Bertz CT molecular complexity index is 1220. The molecular formula is C27H22F3NO3. The van der Waals surface area contributed by atoms with Gasteiger partial charge >= 0.3 is 6.18 Å². The average Bonchev–Trinajstić information content (AvgIpc) is 3.08. The summed E-state index contributed by atoms with van der Waals surface area (Å²) < 4.78 is 39.5. The predicted molar refractivity (Wildman–Crippen MR) is 121 cm³/mol. The van der Waals surface area contributed by atoms with Crippen molar-refractivity contribution in [2.24, 2.45) is 0 Å². The SMILES string of the molecule is O=C(CCc1ccccc1)C1=C(O)C(=O)N(Cc2cccc(C(F)(F)F)c2)C1c1ccccc1. The van der Waals surface area contributed by atoms with Gasteiger partial charge in [0.05, 0.1) is 17.2 Å². The van der Waals surface area contributed by atoms with Gasteiger partial charge in [-0.25, -0.2) is 0 Å². The van der Waals surface area contributed by atoms with Crippen LogP contribution in [0.5, 0.6) is 0 Å². The highest BCUT2D eigenvalue weighted by Gasteiger charge is 2.43. The van der Waals surface area contributed by atoms with Gasteiger partial charge < -0.3 is 10.0 Å². The summed E-state index contributed by atoms with van der Waals surface area (Å²) in [4.78, 5) is 27.5. The first-order valence-corrected chi connectivity index (χ1v) is 10.8. The molecule has 1 aliphatic heterocycles. The van der Waals surface area contributed by atoms with Gasteiger partial charge in [-0.1, -0.05) is 72.8 Å². The molecule has 1 aliphatic rings. The smallest absolute Gasteiger partial charge is 0.416 e. The summed E-state index contributed by atoms with van der Waals surface area (Å²) in [5.41, 5.74) is 0.922. The lowest BCUT2D eigenvalue weighted by molar-refractivity contribution is -0.137. The first kappa shape index (κ1) is 23.3. The van der Waals surface area contributed by atoms with E-state index in [1.54, 1.807) is 30.3 Å². The number of carbonyl (C=O) groups is 2. The summed E-state index contributed by atoms with van der Waals surface area (Å²) in [6.45, 7) is -0.193. The van der Waals surface area contributed by atoms with E-state index in [1.165, 1.54) is 17.0 Å². The molecule has 1 unspecified atom stereocenters. The van der Waals surface area contributed by atoms with Crippen LogP contribution in [0.4, 0.5) is 13.2 Å². The second kappa shape index (κ2) is 9.55. The Labute approximate surface area is 195 Å². The largest absolute Gasteiger partial charge is 0.503 e. The molecule has 3 aromatic rings. The van der Waals surface area contributed by atoms with Crippen LogP contribution in [-0.4, -0.2) is 21.7 Å². The summed E-state index contributed by atoms with van der Waals surface area (Å²) >= 11 is 0. The molecule has 34 heavy (non-hydrogen) atoms. The van der Waals surface area contributed by atoms with E-state index in [2.05, 4.69) is 0 Å². The minimum Gasteiger partial charge on any atom is -0.503 e. The van der Waals surface area contributed by atoms with Crippen molar-refractivity contribution in [1.29, 1.82) is 0 Å². The van der Waals surface area contributed by atoms with Crippen molar-refractivity contribution in [2.45, 2.75) is 31.6 Å². The van der Waals surface area contributed by atoms with Gasteiger partial charge in [-0.3, -0.25) is 9.59 Å². The number of hydrogen-bond donors (Lipinski definition) is 1. The Morgan fingerprint density at radius 3 is 2.15 bits per heavy atom. The molecule has 3 aromatic carbocycles. The normalized spacial score (nSPS) is 16.3. The number of amides is 1. The fourth-order valence-electron chi connectivity index (χ4n) is 4.16. The summed E-state index contributed by atoms with van der Waals surface area (Å²) in [5.74, 6) is -1.82. The van der Waals surface area contributed by atoms with Gasteiger partial charge in [0.1, 0.15) is 0 Å². The third-order valence-electron chi connectivity index (χ3n) is 5.81. The monoisotopic (exact) mass is 465 g/mol. The highest BCUT2D eigenvalue weighted by Crippen LogP contribution is 2.39. The van der Waals surface area contributed by atoms with E-state index in [9.17, 15) is 27.9 Å². The number of benzene rings is 3. The molecule has 4 rings (SSSR count). The van der Waals surface area contributed by atoms with Crippen LogP contribution in [0, 0.1) is 0 Å². The van der Waals surface area contributed by atoms with Crippen LogP contribution in [0.25, 0.3) is 0 Å². The van der Waals surface area contributed by atoms with Crippen LogP contribution in [-0.2, 0) is 28.7 Å². The molecule has 0 saturated heterocycles. The molecule has 0 saturated carbocycles. The van der Waals surface area contributed by atoms with Gasteiger partial charge in [0.25, 0.3) is 5.91 Å². The number of nitrogens with zero attached hydrogens (tertiary/aromatic N) is 1. The summed E-state index contributed by atoms with van der Waals surface area (Å²) in [5, 5.41) is 10.7. The quantitative estimate of drug-likeness (QED) is 0.480. The Morgan fingerprint density at radius 1 is 0.882 bits per heavy atom. The Kier molecular flexibility index (Phi) is 6.54. The van der Waals surface area contributed by atoms with E-state index in [4.69, 9.17) is 0 Å². The number of rotatable bonds is 7. The molecule has 4 nitrogen and oxygen atoms in total. The third kappa shape index (κ3) is 4.88. The van der Waals surface area contributed by atoms with E-state index >= 15 is 0 Å². The fourth-order valence-corrected chi connectivity index (χ4v) is 4.16. The molecule has 0 aliphatic carbocycles. The lowest BCUT2D eigenvalue weighted by atomic mass is 9.93. The van der Waals surface area contributed by atoms with Crippen molar-refractivity contribution in [2.75, 3.05) is 0 Å². The number of ketones is 1. The van der Waals surface area contributed by atoms with Crippen molar-refractivity contribution in [3.63, 3.8) is 0 Å². The van der Waals surface area contributed by atoms with E-state index in [0.29, 0.717) is 12.0 Å². The van der Waals surface area contributed by atoms with Gasteiger partial charge in [-0.05, 0) is 35.2 Å². The number of aliphatic hydroxyl groups is 1. The zero-order chi connectivity index (χ0) is 24.3. The van der Waals surface area contributed by atoms with Crippen molar-refractivity contribution >= 4 is 11.7 Å². The van der Waals surface area contributed by atoms with Crippen molar-refractivity contribution in [1.82, 2.24) is 4.90 Å². The maximum Gasteiger partial charge on any atom is 0.416 e. The molecule has 0 aromatic heterocycles. The second-order valence-electron chi connectivity index (χ2n) is 8.12. The number of Topliss-reactive ketones (excluding diaryl/α,β-unsaturated/α-hetero) is 1. The zero-order valence-corrected chi connectivity index (χ0v) is 18.1.